The summed E-state index contributed by atoms with van der Waals surface area (Å²) in [6, 6.07) is 2.87. The van der Waals surface area contributed by atoms with Gasteiger partial charge in [0, 0.05) is 5.25 Å². The number of carbonyl (C=O) groups is 1. The SMILES string of the molecule is O=C(O)c1ccc(S(=O)C2CCCCC2)o1. The molecule has 1 atom stereocenters. The highest BCUT2D eigenvalue weighted by atomic mass is 32.2. The number of hydrogen-bond acceptors (Lipinski definition) is 3. The van der Waals surface area contributed by atoms with Gasteiger partial charge in [-0.25, -0.2) is 4.79 Å². The van der Waals surface area contributed by atoms with Crippen molar-refractivity contribution >= 4 is 16.8 Å². The first kappa shape index (κ1) is 11.4. The number of aromatic carboxylic acids is 1. The highest BCUT2D eigenvalue weighted by molar-refractivity contribution is 7.85. The molecule has 1 fully saturated rings. The van der Waals surface area contributed by atoms with Crippen LogP contribution in [0.2, 0.25) is 0 Å². The van der Waals surface area contributed by atoms with Gasteiger partial charge in [0.25, 0.3) is 0 Å². The Hall–Kier alpha value is -1.10. The van der Waals surface area contributed by atoms with Crippen LogP contribution in [0.4, 0.5) is 0 Å². The fourth-order valence-corrected chi connectivity index (χ4v) is 3.45. The average molecular weight is 242 g/mol. The van der Waals surface area contributed by atoms with E-state index in [0.717, 1.165) is 25.7 Å². The monoisotopic (exact) mass is 242 g/mol. The summed E-state index contributed by atoms with van der Waals surface area (Å²) in [5.41, 5.74) is 0. The van der Waals surface area contributed by atoms with E-state index in [1.165, 1.54) is 18.6 Å². The predicted octanol–water partition coefficient (Wildman–Crippen LogP) is 2.42. The molecule has 0 bridgehead atoms. The van der Waals surface area contributed by atoms with Gasteiger partial charge in [0.2, 0.25) is 5.76 Å². The van der Waals surface area contributed by atoms with Crippen molar-refractivity contribution in [2.75, 3.05) is 0 Å². The van der Waals surface area contributed by atoms with Crippen molar-refractivity contribution in [3.63, 3.8) is 0 Å². The third-order valence-electron chi connectivity index (χ3n) is 2.85. The topological polar surface area (TPSA) is 67.5 Å². The Bertz CT molecular complexity index is 404. The van der Waals surface area contributed by atoms with Gasteiger partial charge in [-0.1, -0.05) is 19.3 Å². The van der Waals surface area contributed by atoms with Crippen LogP contribution in [0.5, 0.6) is 0 Å². The van der Waals surface area contributed by atoms with E-state index in [1.807, 2.05) is 0 Å². The van der Waals surface area contributed by atoms with Crippen LogP contribution in [0.3, 0.4) is 0 Å². The van der Waals surface area contributed by atoms with Crippen LogP contribution in [0.1, 0.15) is 42.7 Å². The highest BCUT2D eigenvalue weighted by Gasteiger charge is 2.24. The molecule has 0 saturated heterocycles. The normalized spacial score (nSPS) is 19.5. The largest absolute Gasteiger partial charge is 0.475 e. The maximum absolute atomic E-state index is 12.1. The highest BCUT2D eigenvalue weighted by Crippen LogP contribution is 2.26. The van der Waals surface area contributed by atoms with Gasteiger partial charge in [-0.3, -0.25) is 4.21 Å². The van der Waals surface area contributed by atoms with E-state index in [1.54, 1.807) is 0 Å². The lowest BCUT2D eigenvalue weighted by molar-refractivity contribution is 0.0656. The van der Waals surface area contributed by atoms with Crippen molar-refractivity contribution < 1.29 is 18.5 Å². The molecule has 88 valence electrons. The lowest BCUT2D eigenvalue weighted by Gasteiger charge is -2.19. The smallest absolute Gasteiger partial charge is 0.371 e. The molecular weight excluding hydrogens is 228 g/mol. The quantitative estimate of drug-likeness (QED) is 0.883. The Kier molecular flexibility index (Phi) is 3.43. The van der Waals surface area contributed by atoms with Crippen LogP contribution < -0.4 is 0 Å². The van der Waals surface area contributed by atoms with Gasteiger partial charge in [-0.15, -0.1) is 0 Å². The number of hydrogen-bond donors (Lipinski definition) is 1. The number of carboxylic acid groups (broad SMARTS) is 1. The molecule has 1 aromatic heterocycles. The molecule has 2 rings (SSSR count). The lowest BCUT2D eigenvalue weighted by atomic mass is 10.0. The molecular formula is C11H14O4S. The van der Waals surface area contributed by atoms with E-state index in [-0.39, 0.29) is 11.0 Å². The van der Waals surface area contributed by atoms with Crippen molar-refractivity contribution in [2.24, 2.45) is 0 Å². The second-order valence-corrected chi connectivity index (χ2v) is 5.65. The molecule has 5 heteroatoms. The maximum Gasteiger partial charge on any atom is 0.371 e. The van der Waals surface area contributed by atoms with E-state index in [2.05, 4.69) is 0 Å². The second-order valence-electron chi connectivity index (χ2n) is 3.98. The summed E-state index contributed by atoms with van der Waals surface area (Å²) in [7, 11) is -1.20. The Labute approximate surface area is 96.1 Å². The maximum atomic E-state index is 12.1. The lowest BCUT2D eigenvalue weighted by Crippen LogP contribution is -2.18. The van der Waals surface area contributed by atoms with Gasteiger partial charge >= 0.3 is 5.97 Å². The fraction of sp³-hybridized carbons (Fsp3) is 0.545. The van der Waals surface area contributed by atoms with E-state index in [0.29, 0.717) is 5.09 Å². The van der Waals surface area contributed by atoms with Crippen molar-refractivity contribution in [1.82, 2.24) is 0 Å². The van der Waals surface area contributed by atoms with Gasteiger partial charge in [0.1, 0.15) is 0 Å². The third kappa shape index (κ3) is 2.35. The van der Waals surface area contributed by atoms with Crippen molar-refractivity contribution in [1.29, 1.82) is 0 Å². The second kappa shape index (κ2) is 4.82. The van der Waals surface area contributed by atoms with Crippen LogP contribution in [0.25, 0.3) is 0 Å². The van der Waals surface area contributed by atoms with E-state index >= 15 is 0 Å². The average Bonchev–Trinajstić information content (AvgIpc) is 2.78. The Balaban J connectivity index is 2.10. The van der Waals surface area contributed by atoms with E-state index in [9.17, 15) is 9.00 Å². The summed E-state index contributed by atoms with van der Waals surface area (Å²) in [6.45, 7) is 0. The van der Waals surface area contributed by atoms with Gasteiger partial charge in [0.15, 0.2) is 5.09 Å². The molecule has 1 aromatic rings. The van der Waals surface area contributed by atoms with Crippen LogP contribution in [0.15, 0.2) is 21.6 Å². The molecule has 0 radical (unpaired) electrons. The number of rotatable bonds is 3. The van der Waals surface area contributed by atoms with Crippen molar-refractivity contribution in [3.05, 3.63) is 17.9 Å². The van der Waals surface area contributed by atoms with Crippen molar-refractivity contribution in [2.45, 2.75) is 42.4 Å². The summed E-state index contributed by atoms with van der Waals surface area (Å²) in [6.07, 6.45) is 5.28. The molecule has 1 saturated carbocycles. The van der Waals surface area contributed by atoms with Crippen LogP contribution in [-0.4, -0.2) is 20.5 Å². The minimum atomic E-state index is -1.20. The first-order chi connectivity index (χ1) is 7.68. The molecule has 1 aliphatic carbocycles. The first-order valence-electron chi connectivity index (χ1n) is 5.42. The number of furan rings is 1. The van der Waals surface area contributed by atoms with Gasteiger partial charge in [-0.2, -0.15) is 0 Å². The Morgan fingerprint density at radius 1 is 1.31 bits per heavy atom. The molecule has 0 amide bonds. The minimum absolute atomic E-state index is 0.126. The predicted molar refractivity (Wildman–Crippen MR) is 58.9 cm³/mol. The van der Waals surface area contributed by atoms with Crippen LogP contribution >= 0.6 is 0 Å². The molecule has 0 aliphatic heterocycles. The Morgan fingerprint density at radius 3 is 2.56 bits per heavy atom. The standard InChI is InChI=1S/C11H14O4S/c12-11(13)9-6-7-10(15-9)16(14)8-4-2-1-3-5-8/h6-8H,1-5H2,(H,12,13). The van der Waals surface area contributed by atoms with E-state index < -0.39 is 16.8 Å². The molecule has 1 aliphatic rings. The summed E-state index contributed by atoms with van der Waals surface area (Å²) in [4.78, 5) is 10.6. The minimum Gasteiger partial charge on any atom is -0.475 e. The molecule has 0 spiro atoms. The molecule has 16 heavy (non-hydrogen) atoms. The summed E-state index contributed by atoms with van der Waals surface area (Å²) in [5, 5.41) is 9.12. The molecule has 1 unspecified atom stereocenters. The summed E-state index contributed by atoms with van der Waals surface area (Å²) >= 11 is 0. The number of carboxylic acids is 1. The Morgan fingerprint density at radius 2 is 2.00 bits per heavy atom. The zero-order valence-electron chi connectivity index (χ0n) is 8.85. The van der Waals surface area contributed by atoms with Gasteiger partial charge in [0.05, 0.1) is 10.8 Å². The van der Waals surface area contributed by atoms with Crippen LogP contribution in [0, 0.1) is 0 Å². The fourth-order valence-electron chi connectivity index (χ4n) is 1.99. The van der Waals surface area contributed by atoms with Crippen LogP contribution in [-0.2, 0) is 10.8 Å². The third-order valence-corrected chi connectivity index (χ3v) is 4.54. The van der Waals surface area contributed by atoms with Gasteiger partial charge in [-0.05, 0) is 25.0 Å². The van der Waals surface area contributed by atoms with E-state index in [4.69, 9.17) is 9.52 Å². The first-order valence-corrected chi connectivity index (χ1v) is 6.63. The summed E-state index contributed by atoms with van der Waals surface area (Å²) < 4.78 is 17.1. The van der Waals surface area contributed by atoms with Crippen molar-refractivity contribution in [3.8, 4) is 0 Å². The molecule has 1 N–H and O–H groups in total. The van der Waals surface area contributed by atoms with Gasteiger partial charge < -0.3 is 9.52 Å². The molecule has 0 aromatic carbocycles. The molecule has 1 heterocycles. The summed E-state index contributed by atoms with van der Waals surface area (Å²) in [5.74, 6) is -1.26. The zero-order valence-corrected chi connectivity index (χ0v) is 9.66. The zero-order chi connectivity index (χ0) is 11.5. The molecule has 4 nitrogen and oxygen atoms in total.